The van der Waals surface area contributed by atoms with Crippen LogP contribution < -0.4 is 14.8 Å². The Morgan fingerprint density at radius 1 is 1.07 bits per heavy atom. The fourth-order valence-corrected chi connectivity index (χ4v) is 3.58. The van der Waals surface area contributed by atoms with Gasteiger partial charge in [0.1, 0.15) is 0 Å². The zero-order chi connectivity index (χ0) is 19.2. The summed E-state index contributed by atoms with van der Waals surface area (Å²) in [5.74, 6) is 1.25. The quantitative estimate of drug-likeness (QED) is 0.746. The van der Waals surface area contributed by atoms with Gasteiger partial charge >= 0.3 is 0 Å². The van der Waals surface area contributed by atoms with E-state index in [1.165, 1.54) is 5.56 Å². The van der Waals surface area contributed by atoms with Crippen LogP contribution >= 0.6 is 0 Å². The summed E-state index contributed by atoms with van der Waals surface area (Å²) in [4.78, 5) is 14.7. The highest BCUT2D eigenvalue weighted by Gasteiger charge is 2.21. The van der Waals surface area contributed by atoms with Crippen LogP contribution in [0.5, 0.6) is 11.5 Å². The molecule has 1 fully saturated rings. The van der Waals surface area contributed by atoms with E-state index in [9.17, 15) is 4.79 Å². The molecule has 1 saturated heterocycles. The van der Waals surface area contributed by atoms with Crippen molar-refractivity contribution in [2.75, 3.05) is 39.6 Å². The lowest BCUT2D eigenvalue weighted by atomic mass is 10.1. The van der Waals surface area contributed by atoms with E-state index in [-0.39, 0.29) is 18.8 Å². The molecule has 2 heterocycles. The molecule has 0 aromatic heterocycles. The molecular formula is C22H26N2O4. The average molecular weight is 382 g/mol. The number of carbonyl (C=O) groups is 1. The van der Waals surface area contributed by atoms with Crippen molar-refractivity contribution in [3.63, 3.8) is 0 Å². The van der Waals surface area contributed by atoms with Crippen LogP contribution in [0.3, 0.4) is 0 Å². The van der Waals surface area contributed by atoms with Crippen molar-refractivity contribution in [1.29, 1.82) is 0 Å². The Labute approximate surface area is 165 Å². The van der Waals surface area contributed by atoms with Crippen molar-refractivity contribution in [2.45, 2.75) is 18.9 Å². The van der Waals surface area contributed by atoms with Crippen LogP contribution in [-0.4, -0.2) is 50.4 Å². The number of ether oxygens (including phenoxy) is 3. The maximum absolute atomic E-state index is 12.3. The number of fused-ring (bicyclic) bond motifs is 1. The van der Waals surface area contributed by atoms with Crippen molar-refractivity contribution in [3.05, 3.63) is 59.7 Å². The van der Waals surface area contributed by atoms with Crippen molar-refractivity contribution in [1.82, 2.24) is 10.2 Å². The Kier molecular flexibility index (Phi) is 6.09. The molecule has 1 N–H and O–H groups in total. The van der Waals surface area contributed by atoms with Crippen LogP contribution in [0.15, 0.2) is 48.5 Å². The number of carbonyl (C=O) groups excluding carboxylic acids is 1. The maximum Gasteiger partial charge on any atom is 0.251 e. The predicted octanol–water partition coefficient (Wildman–Crippen LogP) is 3.00. The molecule has 0 saturated carbocycles. The lowest BCUT2D eigenvalue weighted by Gasteiger charge is -2.33. The number of benzene rings is 2. The highest BCUT2D eigenvalue weighted by molar-refractivity contribution is 5.94. The average Bonchev–Trinajstić information content (AvgIpc) is 3.22. The highest BCUT2D eigenvalue weighted by atomic mass is 16.7. The standard InChI is InChI=1S/C22H26N2O4/c25-22(18-8-9-19-20(14-18)28-16-27-19)23-10-4-5-11-24-12-13-26-21(15-24)17-6-2-1-3-7-17/h1-3,6-9,14,21H,4-5,10-13,15-16H2,(H,23,25)/t21-/m0/s1. The number of amides is 1. The fourth-order valence-electron chi connectivity index (χ4n) is 3.58. The molecule has 0 spiro atoms. The molecule has 148 valence electrons. The van der Waals surface area contributed by atoms with E-state index in [0.717, 1.165) is 39.1 Å². The van der Waals surface area contributed by atoms with E-state index in [0.29, 0.717) is 23.6 Å². The number of unbranched alkanes of at least 4 members (excludes halogenated alkanes) is 1. The Bertz CT molecular complexity index is 796. The van der Waals surface area contributed by atoms with Crippen LogP contribution in [0, 0.1) is 0 Å². The second kappa shape index (κ2) is 9.08. The zero-order valence-corrected chi connectivity index (χ0v) is 15.9. The van der Waals surface area contributed by atoms with Gasteiger partial charge in [0.05, 0.1) is 12.7 Å². The molecule has 2 aliphatic rings. The van der Waals surface area contributed by atoms with Gasteiger partial charge in [-0.05, 0) is 43.1 Å². The first-order chi connectivity index (χ1) is 13.8. The first kappa shape index (κ1) is 18.8. The normalized spacial score (nSPS) is 18.8. The predicted molar refractivity (Wildman–Crippen MR) is 106 cm³/mol. The van der Waals surface area contributed by atoms with Crippen molar-refractivity contribution in [2.24, 2.45) is 0 Å². The Morgan fingerprint density at radius 3 is 2.82 bits per heavy atom. The van der Waals surface area contributed by atoms with Crippen LogP contribution in [0.4, 0.5) is 0 Å². The van der Waals surface area contributed by atoms with Gasteiger partial charge in [-0.3, -0.25) is 9.69 Å². The molecule has 4 rings (SSSR count). The second-order valence-electron chi connectivity index (χ2n) is 7.10. The topological polar surface area (TPSA) is 60.0 Å². The summed E-state index contributed by atoms with van der Waals surface area (Å²) in [7, 11) is 0. The zero-order valence-electron chi connectivity index (χ0n) is 15.9. The molecule has 1 amide bonds. The third-order valence-electron chi connectivity index (χ3n) is 5.14. The highest BCUT2D eigenvalue weighted by Crippen LogP contribution is 2.32. The third-order valence-corrected chi connectivity index (χ3v) is 5.14. The smallest absolute Gasteiger partial charge is 0.251 e. The molecule has 6 nitrogen and oxygen atoms in total. The number of hydrogen-bond acceptors (Lipinski definition) is 5. The molecule has 2 aliphatic heterocycles. The minimum absolute atomic E-state index is 0.0752. The second-order valence-corrected chi connectivity index (χ2v) is 7.10. The summed E-state index contributed by atoms with van der Waals surface area (Å²) in [5, 5.41) is 2.98. The van der Waals surface area contributed by atoms with Gasteiger partial charge in [-0.15, -0.1) is 0 Å². The van der Waals surface area contributed by atoms with Gasteiger partial charge in [-0.2, -0.15) is 0 Å². The molecular weight excluding hydrogens is 356 g/mol. The van der Waals surface area contributed by atoms with Gasteiger partial charge in [-0.25, -0.2) is 0 Å². The van der Waals surface area contributed by atoms with Crippen molar-refractivity contribution in [3.8, 4) is 11.5 Å². The van der Waals surface area contributed by atoms with E-state index in [1.54, 1.807) is 18.2 Å². The van der Waals surface area contributed by atoms with Crippen molar-refractivity contribution >= 4 is 5.91 Å². The molecule has 2 aromatic carbocycles. The molecule has 2 aromatic rings. The van der Waals surface area contributed by atoms with E-state index in [2.05, 4.69) is 34.5 Å². The molecule has 0 aliphatic carbocycles. The minimum atomic E-state index is -0.0752. The summed E-state index contributed by atoms with van der Waals surface area (Å²) >= 11 is 0. The van der Waals surface area contributed by atoms with Gasteiger partial charge in [0.25, 0.3) is 5.91 Å². The molecule has 0 unspecified atom stereocenters. The fraction of sp³-hybridized carbons (Fsp3) is 0.409. The Balaban J connectivity index is 1.16. The summed E-state index contributed by atoms with van der Waals surface area (Å²) in [6.07, 6.45) is 2.15. The maximum atomic E-state index is 12.3. The Morgan fingerprint density at radius 2 is 1.93 bits per heavy atom. The van der Waals surface area contributed by atoms with Crippen LogP contribution in [-0.2, 0) is 4.74 Å². The summed E-state index contributed by atoms with van der Waals surface area (Å²) < 4.78 is 16.5. The summed E-state index contributed by atoms with van der Waals surface area (Å²) in [5.41, 5.74) is 1.84. The molecule has 0 radical (unpaired) electrons. The van der Waals surface area contributed by atoms with E-state index >= 15 is 0 Å². The van der Waals surface area contributed by atoms with Crippen molar-refractivity contribution < 1.29 is 19.0 Å². The lowest BCUT2D eigenvalue weighted by Crippen LogP contribution is -2.39. The summed E-state index contributed by atoms with van der Waals surface area (Å²) in [6, 6.07) is 15.7. The number of nitrogens with one attached hydrogen (secondary N) is 1. The van der Waals surface area contributed by atoms with Gasteiger partial charge in [-0.1, -0.05) is 30.3 Å². The van der Waals surface area contributed by atoms with E-state index in [1.807, 2.05) is 6.07 Å². The van der Waals surface area contributed by atoms with Gasteiger partial charge in [0, 0.05) is 25.2 Å². The van der Waals surface area contributed by atoms with Gasteiger partial charge in [0.15, 0.2) is 11.5 Å². The molecule has 6 heteroatoms. The minimum Gasteiger partial charge on any atom is -0.454 e. The summed E-state index contributed by atoms with van der Waals surface area (Å²) in [6.45, 7) is 4.56. The number of hydrogen-bond donors (Lipinski definition) is 1. The first-order valence-electron chi connectivity index (χ1n) is 9.86. The Hall–Kier alpha value is -2.57. The van der Waals surface area contributed by atoms with Crippen LogP contribution in [0.2, 0.25) is 0 Å². The molecule has 1 atom stereocenters. The van der Waals surface area contributed by atoms with E-state index < -0.39 is 0 Å². The number of nitrogens with zero attached hydrogens (tertiary/aromatic N) is 1. The number of rotatable bonds is 7. The SMILES string of the molecule is O=C(NCCCCN1CCO[C@H](c2ccccc2)C1)c1ccc2c(c1)OCO2. The first-order valence-corrected chi connectivity index (χ1v) is 9.86. The molecule has 28 heavy (non-hydrogen) atoms. The monoisotopic (exact) mass is 382 g/mol. The largest absolute Gasteiger partial charge is 0.454 e. The third kappa shape index (κ3) is 4.64. The van der Waals surface area contributed by atoms with Gasteiger partial charge < -0.3 is 19.5 Å². The number of morpholine rings is 1. The lowest BCUT2D eigenvalue weighted by molar-refractivity contribution is -0.0303. The van der Waals surface area contributed by atoms with E-state index in [4.69, 9.17) is 14.2 Å². The van der Waals surface area contributed by atoms with Crippen LogP contribution in [0.1, 0.15) is 34.9 Å². The molecule has 0 bridgehead atoms. The van der Waals surface area contributed by atoms with Crippen LogP contribution in [0.25, 0.3) is 0 Å². The van der Waals surface area contributed by atoms with Gasteiger partial charge in [0.2, 0.25) is 6.79 Å².